The summed E-state index contributed by atoms with van der Waals surface area (Å²) in [5, 5.41) is 0. The van der Waals surface area contributed by atoms with Crippen LogP contribution in [0, 0.1) is 0 Å². The lowest BCUT2D eigenvalue weighted by Gasteiger charge is -2.16. The highest BCUT2D eigenvalue weighted by atomic mass is 79.9. The van der Waals surface area contributed by atoms with Crippen molar-refractivity contribution in [2.75, 3.05) is 0 Å². The fraction of sp³-hybridized carbons (Fsp3) is 0.294. The highest BCUT2D eigenvalue weighted by Crippen LogP contribution is 2.37. The lowest BCUT2D eigenvalue weighted by atomic mass is 10.1. The van der Waals surface area contributed by atoms with Crippen LogP contribution >= 0.6 is 15.9 Å². The van der Waals surface area contributed by atoms with Gasteiger partial charge in [0.2, 0.25) is 12.6 Å². The van der Waals surface area contributed by atoms with Crippen molar-refractivity contribution in [1.82, 2.24) is 0 Å². The van der Waals surface area contributed by atoms with Crippen LogP contribution < -0.4 is 0 Å². The predicted octanol–water partition coefficient (Wildman–Crippen LogP) is 3.20. The Balaban J connectivity index is 2.06. The lowest BCUT2D eigenvalue weighted by molar-refractivity contribution is -0.203. The van der Waals surface area contributed by atoms with E-state index in [4.69, 9.17) is 14.2 Å². The van der Waals surface area contributed by atoms with Gasteiger partial charge in [0.25, 0.3) is 0 Å². The van der Waals surface area contributed by atoms with Gasteiger partial charge in [-0.25, -0.2) is 0 Å². The van der Waals surface area contributed by atoms with Gasteiger partial charge in [-0.3, -0.25) is 14.3 Å². The van der Waals surface area contributed by atoms with Gasteiger partial charge in [-0.15, -0.1) is 0 Å². The Labute approximate surface area is 142 Å². The Morgan fingerprint density at radius 3 is 2.13 bits per heavy atom. The van der Waals surface area contributed by atoms with E-state index in [1.807, 2.05) is 30.4 Å². The molecule has 0 amide bonds. The fourth-order valence-corrected chi connectivity index (χ4v) is 3.09. The molecule has 6 heteroatoms. The van der Waals surface area contributed by atoms with Gasteiger partial charge in [-0.2, -0.15) is 0 Å². The summed E-state index contributed by atoms with van der Waals surface area (Å²) >= 11 is 3.48. The van der Waals surface area contributed by atoms with Gasteiger partial charge in [-0.1, -0.05) is 22.0 Å². The van der Waals surface area contributed by atoms with Crippen molar-refractivity contribution in [2.24, 2.45) is 0 Å². The molecule has 0 saturated heterocycles. The Hall–Kier alpha value is -1.92. The van der Waals surface area contributed by atoms with Crippen molar-refractivity contribution in [1.29, 1.82) is 0 Å². The van der Waals surface area contributed by atoms with Gasteiger partial charge < -0.3 is 9.47 Å². The number of hydrogen-bond donors (Lipinski definition) is 0. The number of allylic oxidation sites excluding steroid dienone is 6. The van der Waals surface area contributed by atoms with Crippen molar-refractivity contribution in [3.63, 3.8) is 0 Å². The second-order valence-electron chi connectivity index (χ2n) is 5.41. The fourth-order valence-electron chi connectivity index (χ4n) is 2.67. The van der Waals surface area contributed by atoms with E-state index in [9.17, 15) is 9.59 Å². The van der Waals surface area contributed by atoms with E-state index < -0.39 is 24.5 Å². The minimum absolute atomic E-state index is 0.459. The average Bonchev–Trinajstić information content (AvgIpc) is 2.62. The molecule has 1 aliphatic heterocycles. The van der Waals surface area contributed by atoms with Crippen LogP contribution in [0.15, 0.2) is 57.2 Å². The molecule has 0 aromatic rings. The van der Waals surface area contributed by atoms with Gasteiger partial charge in [0, 0.05) is 29.5 Å². The van der Waals surface area contributed by atoms with Crippen LogP contribution in [0.3, 0.4) is 0 Å². The number of carbonyl (C=O) groups is 2. The Bertz CT molecular complexity index is 723. The number of fused-ring (bicyclic) bond motifs is 2. The summed E-state index contributed by atoms with van der Waals surface area (Å²) < 4.78 is 17.0. The molecule has 0 radical (unpaired) electrons. The molecule has 0 saturated carbocycles. The summed E-state index contributed by atoms with van der Waals surface area (Å²) in [4.78, 5) is 22.6. The molecular formula is C17H15BrO5. The minimum Gasteiger partial charge on any atom is -0.431 e. The molecule has 1 heterocycles. The largest absolute Gasteiger partial charge is 0.431 e. The van der Waals surface area contributed by atoms with E-state index in [1.54, 1.807) is 0 Å². The van der Waals surface area contributed by atoms with E-state index in [-0.39, 0.29) is 0 Å². The summed E-state index contributed by atoms with van der Waals surface area (Å²) in [6.07, 6.45) is 8.76. The topological polar surface area (TPSA) is 61.8 Å². The summed E-state index contributed by atoms with van der Waals surface area (Å²) in [6, 6.07) is 0. The highest BCUT2D eigenvalue weighted by molar-refractivity contribution is 9.11. The first-order chi connectivity index (χ1) is 10.9. The molecular weight excluding hydrogens is 364 g/mol. The first-order valence-electron chi connectivity index (χ1n) is 7.13. The van der Waals surface area contributed by atoms with Crippen molar-refractivity contribution < 1.29 is 23.8 Å². The average molecular weight is 379 g/mol. The second-order valence-corrected chi connectivity index (χ2v) is 6.32. The Morgan fingerprint density at radius 1 is 1.00 bits per heavy atom. The third kappa shape index (κ3) is 3.54. The van der Waals surface area contributed by atoms with E-state index in [0.29, 0.717) is 11.1 Å². The summed E-state index contributed by atoms with van der Waals surface area (Å²) in [5.74, 6) is -0.920. The van der Waals surface area contributed by atoms with Gasteiger partial charge >= 0.3 is 11.9 Å². The second kappa shape index (κ2) is 6.29. The Morgan fingerprint density at radius 2 is 1.57 bits per heavy atom. The molecule has 0 aromatic heterocycles. The molecule has 2 atom stereocenters. The molecule has 2 unspecified atom stereocenters. The molecule has 120 valence electrons. The van der Waals surface area contributed by atoms with Crippen molar-refractivity contribution in [3.05, 3.63) is 57.2 Å². The van der Waals surface area contributed by atoms with Gasteiger partial charge in [-0.05, 0) is 41.9 Å². The zero-order chi connectivity index (χ0) is 16.6. The minimum atomic E-state index is -0.881. The van der Waals surface area contributed by atoms with Crippen LogP contribution in [0.25, 0.3) is 0 Å². The molecule has 2 bridgehead atoms. The quantitative estimate of drug-likeness (QED) is 0.690. The first kappa shape index (κ1) is 16.0. The zero-order valence-corrected chi connectivity index (χ0v) is 14.3. The van der Waals surface area contributed by atoms with Crippen LogP contribution in [0.2, 0.25) is 0 Å². The molecule has 0 aromatic carbocycles. The molecule has 0 spiro atoms. The smallest absolute Gasteiger partial charge is 0.305 e. The van der Waals surface area contributed by atoms with Crippen molar-refractivity contribution in [3.8, 4) is 0 Å². The Kier molecular flexibility index (Phi) is 4.37. The van der Waals surface area contributed by atoms with E-state index in [0.717, 1.165) is 22.0 Å². The molecule has 0 N–H and O–H groups in total. The van der Waals surface area contributed by atoms with E-state index >= 15 is 0 Å². The maximum atomic E-state index is 11.3. The predicted molar refractivity (Wildman–Crippen MR) is 86.2 cm³/mol. The number of esters is 2. The van der Waals surface area contributed by atoms with Crippen molar-refractivity contribution >= 4 is 27.9 Å². The van der Waals surface area contributed by atoms with Gasteiger partial charge in [0.15, 0.2) is 0 Å². The highest BCUT2D eigenvalue weighted by Gasteiger charge is 2.37. The number of ether oxygens (including phenoxy) is 3. The molecule has 3 aliphatic rings. The zero-order valence-electron chi connectivity index (χ0n) is 12.7. The van der Waals surface area contributed by atoms with Crippen molar-refractivity contribution in [2.45, 2.75) is 32.8 Å². The van der Waals surface area contributed by atoms with Crippen LogP contribution in [0.4, 0.5) is 0 Å². The van der Waals surface area contributed by atoms with Crippen LogP contribution in [0.5, 0.6) is 0 Å². The summed E-state index contributed by atoms with van der Waals surface area (Å²) in [7, 11) is 0. The molecule has 3 rings (SSSR count). The number of rotatable bonds is 2. The molecule has 5 nitrogen and oxygen atoms in total. The molecule has 23 heavy (non-hydrogen) atoms. The van der Waals surface area contributed by atoms with Crippen LogP contribution in [-0.4, -0.2) is 24.5 Å². The summed E-state index contributed by atoms with van der Waals surface area (Å²) in [6.45, 7) is 2.63. The standard InChI is InChI=1S/C17H15BrO5/c1-9(19)21-16-14-7-11-3-4-13(18)6-12(5-11)8-15(14)17(23-16)22-10(2)20/h3-4,6-8,16-17H,5H2,1-2H3. The monoisotopic (exact) mass is 378 g/mol. The van der Waals surface area contributed by atoms with E-state index in [1.165, 1.54) is 13.8 Å². The van der Waals surface area contributed by atoms with Gasteiger partial charge in [0.1, 0.15) is 0 Å². The van der Waals surface area contributed by atoms with Gasteiger partial charge in [0.05, 0.1) is 0 Å². The van der Waals surface area contributed by atoms with Crippen LogP contribution in [-0.2, 0) is 23.8 Å². The third-order valence-electron chi connectivity index (χ3n) is 3.50. The molecule has 2 aliphatic carbocycles. The lowest BCUT2D eigenvalue weighted by Crippen LogP contribution is -2.23. The number of carbonyl (C=O) groups excluding carboxylic acids is 2. The number of halogens is 1. The van der Waals surface area contributed by atoms with Crippen LogP contribution in [0.1, 0.15) is 20.3 Å². The third-order valence-corrected chi connectivity index (χ3v) is 4.00. The maximum absolute atomic E-state index is 11.3. The SMILES string of the molecule is CC(=O)OC1OC(OC(C)=O)C2=C1C=C1C=CC(Br)=CC(=C2)C1. The molecule has 0 fully saturated rings. The maximum Gasteiger partial charge on any atom is 0.305 e. The normalized spacial score (nSPS) is 25.6. The summed E-state index contributed by atoms with van der Waals surface area (Å²) in [5.41, 5.74) is 3.49. The first-order valence-corrected chi connectivity index (χ1v) is 7.92. The number of hydrogen-bond acceptors (Lipinski definition) is 5. The van der Waals surface area contributed by atoms with E-state index in [2.05, 4.69) is 15.9 Å².